The summed E-state index contributed by atoms with van der Waals surface area (Å²) in [6.07, 6.45) is 12.9. The van der Waals surface area contributed by atoms with Gasteiger partial charge in [-0.1, -0.05) is 27.7 Å². The maximum Gasteiger partial charge on any atom is 0.232 e. The van der Waals surface area contributed by atoms with Crippen LogP contribution in [0.4, 0.5) is 0 Å². The molecular formula is C35H58N4O3. The largest absolute Gasteiger partial charge is 0.357 e. The van der Waals surface area contributed by atoms with Gasteiger partial charge in [0.15, 0.2) is 0 Å². The van der Waals surface area contributed by atoms with E-state index in [9.17, 15) is 9.59 Å². The van der Waals surface area contributed by atoms with Crippen molar-refractivity contribution in [2.24, 2.45) is 52.3 Å². The minimum Gasteiger partial charge on any atom is -0.357 e. The first-order chi connectivity index (χ1) is 20.0. The molecule has 7 heteroatoms. The standard InChI is InChI=1S/C35H58N4O3/c1-22-8-13-35(36-21-22)23(2)32-29(42-35)19-28-26-7-6-24-18-25(9-11-33(24,3)27(26)10-12-34(28,32)4)37-30(40)20-31(41)39-16-14-38(5)15-17-39/h22-29,32,36H,6-21H2,1-5H3,(H,37,40)/t22-,23+,24-,25-,26-,27+,28+,29+,32+,33+,34+,35-/m1/s1. The highest BCUT2D eigenvalue weighted by Crippen LogP contribution is 2.71. The Hall–Kier alpha value is -1.18. The zero-order valence-corrected chi connectivity index (χ0v) is 27.1. The van der Waals surface area contributed by atoms with Gasteiger partial charge in [0.05, 0.1) is 6.10 Å². The normalized spacial score (nSPS) is 50.5. The van der Waals surface area contributed by atoms with Crippen molar-refractivity contribution in [1.82, 2.24) is 20.4 Å². The first kappa shape index (κ1) is 29.5. The highest BCUT2D eigenvalue weighted by molar-refractivity contribution is 5.97. The molecule has 0 unspecified atom stereocenters. The molecule has 0 aromatic heterocycles. The molecule has 4 aliphatic carbocycles. The minimum atomic E-state index is -0.0752. The van der Waals surface area contributed by atoms with Crippen LogP contribution >= 0.6 is 0 Å². The van der Waals surface area contributed by atoms with Crippen molar-refractivity contribution in [2.75, 3.05) is 39.8 Å². The molecule has 12 atom stereocenters. The fraction of sp³-hybridized carbons (Fsp3) is 0.943. The van der Waals surface area contributed by atoms with Crippen LogP contribution in [0.2, 0.25) is 0 Å². The monoisotopic (exact) mass is 582 g/mol. The van der Waals surface area contributed by atoms with Crippen LogP contribution in [-0.2, 0) is 14.3 Å². The van der Waals surface area contributed by atoms with Crippen LogP contribution in [0.15, 0.2) is 0 Å². The van der Waals surface area contributed by atoms with Crippen LogP contribution in [0.25, 0.3) is 0 Å². The maximum atomic E-state index is 12.9. The van der Waals surface area contributed by atoms with Gasteiger partial charge in [0.1, 0.15) is 12.1 Å². The molecular weight excluding hydrogens is 524 g/mol. The number of likely N-dealkylation sites (N-methyl/N-ethyl adjacent to an activating group) is 1. The van der Waals surface area contributed by atoms with Crippen molar-refractivity contribution in [2.45, 2.75) is 116 Å². The van der Waals surface area contributed by atoms with Gasteiger partial charge < -0.3 is 19.9 Å². The fourth-order valence-electron chi connectivity index (χ4n) is 12.2. The number of amides is 2. The van der Waals surface area contributed by atoms with Crippen molar-refractivity contribution < 1.29 is 14.3 Å². The van der Waals surface area contributed by atoms with Crippen LogP contribution in [0.3, 0.4) is 0 Å². The Morgan fingerprint density at radius 1 is 0.905 bits per heavy atom. The zero-order valence-electron chi connectivity index (χ0n) is 27.1. The van der Waals surface area contributed by atoms with Crippen LogP contribution in [0.1, 0.15) is 98.3 Å². The van der Waals surface area contributed by atoms with Crippen molar-refractivity contribution in [3.8, 4) is 0 Å². The lowest BCUT2D eigenvalue weighted by molar-refractivity contribution is -0.139. The second-order valence-electron chi connectivity index (χ2n) is 16.7. The van der Waals surface area contributed by atoms with Crippen molar-refractivity contribution in [1.29, 1.82) is 0 Å². The van der Waals surface area contributed by atoms with Gasteiger partial charge in [-0.3, -0.25) is 14.9 Å². The number of rotatable bonds is 3. The van der Waals surface area contributed by atoms with E-state index in [2.05, 4.69) is 50.3 Å². The van der Waals surface area contributed by atoms with E-state index in [0.29, 0.717) is 34.7 Å². The number of carbonyl (C=O) groups is 2. The predicted octanol–water partition coefficient (Wildman–Crippen LogP) is 4.65. The van der Waals surface area contributed by atoms with Crippen LogP contribution < -0.4 is 10.6 Å². The molecule has 0 aromatic carbocycles. The van der Waals surface area contributed by atoms with Gasteiger partial charge in [0, 0.05) is 44.7 Å². The topological polar surface area (TPSA) is 73.9 Å². The second kappa shape index (κ2) is 10.7. The molecule has 0 bridgehead atoms. The Labute approximate surface area is 254 Å². The van der Waals surface area contributed by atoms with E-state index in [1.807, 2.05) is 4.90 Å². The first-order valence-electron chi connectivity index (χ1n) is 17.7. The number of hydrogen-bond acceptors (Lipinski definition) is 5. The lowest BCUT2D eigenvalue weighted by Crippen LogP contribution is -2.58. The molecule has 0 aromatic rings. The molecule has 42 heavy (non-hydrogen) atoms. The molecule has 7 rings (SSSR count). The highest BCUT2D eigenvalue weighted by Gasteiger charge is 2.68. The number of nitrogens with one attached hydrogen (secondary N) is 2. The molecule has 7 nitrogen and oxygen atoms in total. The summed E-state index contributed by atoms with van der Waals surface area (Å²) in [6, 6.07) is 0.225. The SMILES string of the molecule is C[C@@H]1CC[C@@]2(NC1)O[C@H]1C[C@H]3[C@@H]4CC[C@@H]5C[C@H](NC(=O)CC(=O)N6CCN(C)CC6)CC[C@]5(C)[C@H]4CC[C@]3(C)[C@H]1[C@@H]2C. The molecule has 0 radical (unpaired) electrons. The van der Waals surface area contributed by atoms with Crippen LogP contribution in [0.5, 0.6) is 0 Å². The first-order valence-corrected chi connectivity index (χ1v) is 17.7. The summed E-state index contributed by atoms with van der Waals surface area (Å²) in [6.45, 7) is 14.5. The Balaban J connectivity index is 0.971. The molecule has 3 saturated heterocycles. The average Bonchev–Trinajstić information content (AvgIpc) is 3.40. The number of piperidine rings is 1. The van der Waals surface area contributed by atoms with E-state index in [0.717, 1.165) is 69.2 Å². The second-order valence-corrected chi connectivity index (χ2v) is 16.7. The maximum absolute atomic E-state index is 12.9. The molecule has 7 aliphatic rings. The van der Waals surface area contributed by atoms with Crippen molar-refractivity contribution >= 4 is 11.8 Å². The Bertz CT molecular complexity index is 1050. The number of carbonyl (C=O) groups excluding carboxylic acids is 2. The zero-order chi connectivity index (χ0) is 29.4. The van der Waals surface area contributed by atoms with Crippen molar-refractivity contribution in [3.63, 3.8) is 0 Å². The Morgan fingerprint density at radius 2 is 1.67 bits per heavy atom. The fourth-order valence-corrected chi connectivity index (χ4v) is 12.2. The summed E-state index contributed by atoms with van der Waals surface area (Å²) < 4.78 is 7.08. The third-order valence-corrected chi connectivity index (χ3v) is 14.7. The van der Waals surface area contributed by atoms with Gasteiger partial charge in [-0.15, -0.1) is 0 Å². The highest BCUT2D eigenvalue weighted by atomic mass is 16.5. The molecule has 2 amide bonds. The van der Waals surface area contributed by atoms with E-state index >= 15 is 0 Å². The van der Waals surface area contributed by atoms with E-state index in [4.69, 9.17) is 4.74 Å². The Morgan fingerprint density at radius 3 is 2.40 bits per heavy atom. The third-order valence-electron chi connectivity index (χ3n) is 14.7. The smallest absolute Gasteiger partial charge is 0.232 e. The molecule has 3 aliphatic heterocycles. The van der Waals surface area contributed by atoms with Crippen LogP contribution in [0, 0.1) is 52.3 Å². The third kappa shape index (κ3) is 4.69. The molecule has 3 heterocycles. The van der Waals surface area contributed by atoms with Crippen LogP contribution in [-0.4, -0.2) is 79.3 Å². The summed E-state index contributed by atoms with van der Waals surface area (Å²) in [4.78, 5) is 29.8. The summed E-state index contributed by atoms with van der Waals surface area (Å²) in [5.74, 6) is 5.08. The van der Waals surface area contributed by atoms with Gasteiger partial charge in [0.25, 0.3) is 0 Å². The number of fused-ring (bicyclic) bond motifs is 7. The predicted molar refractivity (Wildman–Crippen MR) is 164 cm³/mol. The molecule has 4 saturated carbocycles. The number of hydrogen-bond donors (Lipinski definition) is 2. The molecule has 7 fully saturated rings. The number of piperazine rings is 1. The van der Waals surface area contributed by atoms with Gasteiger partial charge in [-0.25, -0.2) is 0 Å². The minimum absolute atomic E-state index is 0.00572. The average molecular weight is 583 g/mol. The van der Waals surface area contributed by atoms with E-state index in [1.54, 1.807) is 0 Å². The summed E-state index contributed by atoms with van der Waals surface area (Å²) >= 11 is 0. The Kier molecular flexibility index (Phi) is 7.54. The lowest BCUT2D eigenvalue weighted by atomic mass is 9.44. The molecule has 236 valence electrons. The number of nitrogens with zero attached hydrogens (tertiary/aromatic N) is 2. The van der Waals surface area contributed by atoms with E-state index < -0.39 is 0 Å². The molecule has 1 spiro atoms. The molecule has 2 N–H and O–H groups in total. The summed E-state index contributed by atoms with van der Waals surface area (Å²) in [5, 5.41) is 7.21. The summed E-state index contributed by atoms with van der Waals surface area (Å²) in [7, 11) is 2.09. The van der Waals surface area contributed by atoms with Gasteiger partial charge in [-0.05, 0) is 118 Å². The van der Waals surface area contributed by atoms with E-state index in [1.165, 1.54) is 51.4 Å². The van der Waals surface area contributed by atoms with Crippen molar-refractivity contribution in [3.05, 3.63) is 0 Å². The van der Waals surface area contributed by atoms with Gasteiger partial charge >= 0.3 is 0 Å². The lowest BCUT2D eigenvalue weighted by Gasteiger charge is -2.61. The van der Waals surface area contributed by atoms with E-state index in [-0.39, 0.29) is 30.0 Å². The number of ether oxygens (including phenoxy) is 1. The quantitative estimate of drug-likeness (QED) is 0.474. The van der Waals surface area contributed by atoms with Gasteiger partial charge in [0.2, 0.25) is 11.8 Å². The van der Waals surface area contributed by atoms with Gasteiger partial charge in [-0.2, -0.15) is 0 Å². The summed E-state index contributed by atoms with van der Waals surface area (Å²) in [5.41, 5.74) is 0.714.